The Hall–Kier alpha value is -1.01. The van der Waals surface area contributed by atoms with Crippen LogP contribution in [0.15, 0.2) is 0 Å². The fourth-order valence-corrected chi connectivity index (χ4v) is 2.11. The van der Waals surface area contributed by atoms with Crippen molar-refractivity contribution in [3.05, 3.63) is 0 Å². The highest BCUT2D eigenvalue weighted by atomic mass is 16.5. The first kappa shape index (κ1) is 17.0. The van der Waals surface area contributed by atoms with Gasteiger partial charge in [-0.1, -0.05) is 44.4 Å². The van der Waals surface area contributed by atoms with Crippen molar-refractivity contribution in [3.8, 4) is 12.3 Å². The van der Waals surface area contributed by atoms with Crippen LogP contribution in [0.3, 0.4) is 0 Å². The van der Waals surface area contributed by atoms with Crippen molar-refractivity contribution in [1.82, 2.24) is 0 Å². The molecule has 0 bridgehead atoms. The van der Waals surface area contributed by atoms with Gasteiger partial charge in [0, 0.05) is 6.61 Å². The molecule has 1 aliphatic rings. The summed E-state index contributed by atoms with van der Waals surface area (Å²) in [6.07, 6.45) is 16.8. The largest absolute Gasteiger partial charge is 0.465 e. The Kier molecular flexibility index (Phi) is 10.0. The second-order valence-electron chi connectivity index (χ2n) is 5.53. The van der Waals surface area contributed by atoms with Crippen LogP contribution in [0.2, 0.25) is 0 Å². The van der Waals surface area contributed by atoms with Crippen molar-refractivity contribution in [2.45, 2.75) is 64.2 Å². The van der Waals surface area contributed by atoms with E-state index in [1.54, 1.807) is 0 Å². The molecule has 20 heavy (non-hydrogen) atoms. The Balaban J connectivity index is 1.68. The van der Waals surface area contributed by atoms with Gasteiger partial charge in [-0.15, -0.1) is 6.42 Å². The van der Waals surface area contributed by atoms with Crippen LogP contribution in [0.5, 0.6) is 0 Å². The van der Waals surface area contributed by atoms with E-state index >= 15 is 0 Å². The molecule has 114 valence electrons. The lowest BCUT2D eigenvalue weighted by atomic mass is 10.1. The third-order valence-electron chi connectivity index (χ3n) is 3.52. The number of rotatable bonds is 13. The van der Waals surface area contributed by atoms with Gasteiger partial charge in [-0.05, 0) is 25.7 Å². The molecule has 0 unspecified atom stereocenters. The number of unbranched alkanes of at least 4 members (excludes halogenated alkanes) is 7. The first-order chi connectivity index (χ1) is 9.84. The summed E-state index contributed by atoms with van der Waals surface area (Å²) < 4.78 is 10.4. The zero-order valence-electron chi connectivity index (χ0n) is 12.6. The fraction of sp³-hybridized carbons (Fsp3) is 0.824. The molecule has 1 aliphatic carbocycles. The van der Waals surface area contributed by atoms with Crippen LogP contribution >= 0.6 is 0 Å². The van der Waals surface area contributed by atoms with E-state index in [4.69, 9.17) is 15.9 Å². The van der Waals surface area contributed by atoms with Crippen molar-refractivity contribution in [2.24, 2.45) is 5.92 Å². The lowest BCUT2D eigenvalue weighted by Gasteiger charge is -2.04. The zero-order chi connectivity index (χ0) is 14.5. The average Bonchev–Trinajstić information content (AvgIpc) is 3.28. The fourth-order valence-electron chi connectivity index (χ4n) is 2.11. The smallest absolute Gasteiger partial charge is 0.308 e. The molecule has 0 N–H and O–H groups in total. The van der Waals surface area contributed by atoms with E-state index in [9.17, 15) is 4.79 Å². The maximum absolute atomic E-state index is 11.3. The number of terminal acetylenes is 1. The standard InChI is InChI=1S/C17H28O3/c1-2-13-19-14-9-7-5-3-4-6-8-10-15-20-17(18)16-11-12-16/h1,16H,3-15H2. The summed E-state index contributed by atoms with van der Waals surface area (Å²) in [7, 11) is 0. The molecule has 3 nitrogen and oxygen atoms in total. The van der Waals surface area contributed by atoms with E-state index in [-0.39, 0.29) is 11.9 Å². The monoisotopic (exact) mass is 280 g/mol. The van der Waals surface area contributed by atoms with Gasteiger partial charge in [-0.3, -0.25) is 4.79 Å². The predicted molar refractivity (Wildman–Crippen MR) is 80.3 cm³/mol. The van der Waals surface area contributed by atoms with Gasteiger partial charge in [0.2, 0.25) is 0 Å². The van der Waals surface area contributed by atoms with Crippen LogP contribution in [0.4, 0.5) is 0 Å². The number of hydrogen-bond acceptors (Lipinski definition) is 3. The van der Waals surface area contributed by atoms with Gasteiger partial charge in [0.1, 0.15) is 6.61 Å². The van der Waals surface area contributed by atoms with Crippen molar-refractivity contribution >= 4 is 5.97 Å². The summed E-state index contributed by atoms with van der Waals surface area (Å²) in [6.45, 7) is 1.84. The van der Waals surface area contributed by atoms with Crippen molar-refractivity contribution in [3.63, 3.8) is 0 Å². The van der Waals surface area contributed by atoms with Crippen LogP contribution in [0.25, 0.3) is 0 Å². The average molecular weight is 280 g/mol. The minimum atomic E-state index is 0.0251. The third kappa shape index (κ3) is 9.86. The van der Waals surface area contributed by atoms with E-state index < -0.39 is 0 Å². The SMILES string of the molecule is C#CCOCCCCCCCCCCOC(=O)C1CC1. The van der Waals surface area contributed by atoms with Gasteiger partial charge in [0.05, 0.1) is 12.5 Å². The van der Waals surface area contributed by atoms with Crippen molar-refractivity contribution in [1.29, 1.82) is 0 Å². The topological polar surface area (TPSA) is 35.5 Å². The summed E-state index contributed by atoms with van der Waals surface area (Å²) in [4.78, 5) is 11.3. The highest BCUT2D eigenvalue weighted by molar-refractivity contribution is 5.74. The van der Waals surface area contributed by atoms with E-state index in [1.165, 1.54) is 38.5 Å². The summed E-state index contributed by atoms with van der Waals surface area (Å²) >= 11 is 0. The minimum absolute atomic E-state index is 0.0251. The van der Waals surface area contributed by atoms with Crippen LogP contribution in [-0.2, 0) is 14.3 Å². The lowest BCUT2D eigenvalue weighted by Crippen LogP contribution is -2.07. The minimum Gasteiger partial charge on any atom is -0.465 e. The summed E-state index contributed by atoms with van der Waals surface area (Å²) in [5.74, 6) is 2.73. The molecule has 0 atom stereocenters. The molecule has 1 fully saturated rings. The molecule has 0 aromatic rings. The van der Waals surface area contributed by atoms with Crippen LogP contribution in [0.1, 0.15) is 64.2 Å². The molecular formula is C17H28O3. The maximum Gasteiger partial charge on any atom is 0.308 e. The maximum atomic E-state index is 11.3. The Morgan fingerprint density at radius 1 is 0.950 bits per heavy atom. The first-order valence-corrected chi connectivity index (χ1v) is 8.02. The van der Waals surface area contributed by atoms with Gasteiger partial charge < -0.3 is 9.47 Å². The molecule has 0 saturated heterocycles. The third-order valence-corrected chi connectivity index (χ3v) is 3.52. The highest BCUT2D eigenvalue weighted by Crippen LogP contribution is 2.30. The van der Waals surface area contributed by atoms with Crippen molar-refractivity contribution < 1.29 is 14.3 Å². The molecule has 3 heteroatoms. The molecule has 0 heterocycles. The summed E-state index contributed by atoms with van der Waals surface area (Å²) in [6, 6.07) is 0. The molecule has 0 aliphatic heterocycles. The summed E-state index contributed by atoms with van der Waals surface area (Å²) in [5.41, 5.74) is 0. The van der Waals surface area contributed by atoms with E-state index in [2.05, 4.69) is 5.92 Å². The number of carbonyl (C=O) groups excluding carboxylic acids is 1. The molecule has 0 spiro atoms. The Morgan fingerprint density at radius 2 is 1.50 bits per heavy atom. The number of carbonyl (C=O) groups is 1. The second kappa shape index (κ2) is 11.8. The molecule has 1 saturated carbocycles. The highest BCUT2D eigenvalue weighted by Gasteiger charge is 2.30. The number of ether oxygens (including phenoxy) is 2. The Labute approximate surface area is 123 Å². The molecule has 0 amide bonds. The van der Waals surface area contributed by atoms with Crippen LogP contribution in [0, 0.1) is 18.3 Å². The van der Waals surface area contributed by atoms with E-state index in [0.29, 0.717) is 13.2 Å². The predicted octanol–water partition coefficient (Wildman–Crippen LogP) is 3.71. The first-order valence-electron chi connectivity index (χ1n) is 8.02. The molecule has 0 aromatic carbocycles. The Bertz CT molecular complexity index is 289. The van der Waals surface area contributed by atoms with Gasteiger partial charge in [-0.25, -0.2) is 0 Å². The van der Waals surface area contributed by atoms with Gasteiger partial charge >= 0.3 is 5.97 Å². The van der Waals surface area contributed by atoms with Crippen LogP contribution < -0.4 is 0 Å². The van der Waals surface area contributed by atoms with E-state index in [0.717, 1.165) is 32.3 Å². The number of hydrogen-bond donors (Lipinski definition) is 0. The van der Waals surface area contributed by atoms with Gasteiger partial charge in [0.25, 0.3) is 0 Å². The van der Waals surface area contributed by atoms with Crippen LogP contribution in [-0.4, -0.2) is 25.8 Å². The number of esters is 1. The molecule has 0 radical (unpaired) electrons. The molecule has 1 rings (SSSR count). The molecular weight excluding hydrogens is 252 g/mol. The lowest BCUT2D eigenvalue weighted by molar-refractivity contribution is -0.145. The molecule has 0 aromatic heterocycles. The second-order valence-corrected chi connectivity index (χ2v) is 5.53. The van der Waals surface area contributed by atoms with Crippen molar-refractivity contribution in [2.75, 3.05) is 19.8 Å². The van der Waals surface area contributed by atoms with E-state index in [1.807, 2.05) is 0 Å². The Morgan fingerprint density at radius 3 is 2.05 bits per heavy atom. The normalized spacial score (nSPS) is 13.9. The van der Waals surface area contributed by atoms with Gasteiger partial charge in [-0.2, -0.15) is 0 Å². The summed E-state index contributed by atoms with van der Waals surface area (Å²) in [5, 5.41) is 0. The quantitative estimate of drug-likeness (QED) is 0.293. The van der Waals surface area contributed by atoms with Gasteiger partial charge in [0.15, 0.2) is 0 Å². The zero-order valence-corrected chi connectivity index (χ0v) is 12.6.